The second-order valence-electron chi connectivity index (χ2n) is 7.18. The van der Waals surface area contributed by atoms with Crippen LogP contribution in [0.3, 0.4) is 0 Å². The van der Waals surface area contributed by atoms with Crippen LogP contribution in [0.1, 0.15) is 45.4 Å². The third-order valence-corrected chi connectivity index (χ3v) is 4.27. The molecule has 4 unspecified atom stereocenters. The molecule has 0 aromatic carbocycles. The van der Waals surface area contributed by atoms with E-state index >= 15 is 0 Å². The average molecular weight is 475 g/mol. The highest BCUT2D eigenvalue weighted by Gasteiger charge is 2.30. The zero-order valence-electron chi connectivity index (χ0n) is 17.9. The van der Waals surface area contributed by atoms with Crippen LogP contribution in [0.15, 0.2) is 0 Å². The Morgan fingerprint density at radius 3 is 1.36 bits per heavy atom. The molecular weight excluding hydrogens is 446 g/mol. The van der Waals surface area contributed by atoms with Gasteiger partial charge in [0.1, 0.15) is 18.1 Å². The molecule has 4 atom stereocenters. The number of carboxylic acids is 3. The number of carboxylic acid groups (broad SMARTS) is 3. The van der Waals surface area contributed by atoms with Gasteiger partial charge in [-0.2, -0.15) is 0 Å². The van der Waals surface area contributed by atoms with Gasteiger partial charge < -0.3 is 42.7 Å². The monoisotopic (exact) mass is 475 g/mol. The van der Waals surface area contributed by atoms with Gasteiger partial charge in [0.05, 0.1) is 6.04 Å². The first-order valence-corrected chi connectivity index (χ1v) is 9.86. The fourth-order valence-electron chi connectivity index (χ4n) is 2.47. The van der Waals surface area contributed by atoms with E-state index in [1.54, 1.807) is 0 Å². The summed E-state index contributed by atoms with van der Waals surface area (Å²) in [5.74, 6) is -7.70. The number of nitrogens with one attached hydrogen (secondary N) is 3. The van der Waals surface area contributed by atoms with Gasteiger partial charge >= 0.3 is 17.9 Å². The topological polar surface area (TPSA) is 268 Å². The third kappa shape index (κ3) is 12.6. The number of carbonyl (C=O) groups excluding carboxylic acids is 4. The summed E-state index contributed by atoms with van der Waals surface area (Å²) in [6.07, 6.45) is -2.60. The summed E-state index contributed by atoms with van der Waals surface area (Å²) in [5.41, 5.74) is 10.4. The van der Waals surface area contributed by atoms with E-state index in [1.807, 2.05) is 0 Å². The molecule has 0 heterocycles. The van der Waals surface area contributed by atoms with E-state index in [9.17, 15) is 38.7 Å². The molecule has 0 aliphatic carbocycles. The minimum Gasteiger partial charge on any atom is -0.481 e. The van der Waals surface area contributed by atoms with E-state index in [4.69, 9.17) is 21.7 Å². The lowest BCUT2D eigenvalue weighted by Gasteiger charge is -2.24. The molecule has 0 aromatic heterocycles. The lowest BCUT2D eigenvalue weighted by atomic mass is 10.1. The molecule has 10 N–H and O–H groups in total. The van der Waals surface area contributed by atoms with Crippen LogP contribution < -0.4 is 27.4 Å². The van der Waals surface area contributed by atoms with E-state index in [2.05, 4.69) is 16.0 Å². The first kappa shape index (κ1) is 29.2. The molecular formula is C18H29N5O10. The van der Waals surface area contributed by atoms with E-state index in [1.165, 1.54) is 6.92 Å². The highest BCUT2D eigenvalue weighted by Crippen LogP contribution is 2.05. The molecule has 15 nitrogen and oxygen atoms in total. The molecule has 0 aliphatic rings. The summed E-state index contributed by atoms with van der Waals surface area (Å²) in [6.45, 7) is 1.32. The number of nitrogens with two attached hydrogens (primary N) is 2. The van der Waals surface area contributed by atoms with Crippen LogP contribution in [0.5, 0.6) is 0 Å². The molecule has 0 fully saturated rings. The maximum atomic E-state index is 12.6. The lowest BCUT2D eigenvalue weighted by Crippen LogP contribution is -2.57. The normalized spacial score (nSPS) is 14.1. The van der Waals surface area contributed by atoms with Crippen LogP contribution >= 0.6 is 0 Å². The van der Waals surface area contributed by atoms with Crippen molar-refractivity contribution in [3.8, 4) is 0 Å². The lowest BCUT2D eigenvalue weighted by molar-refractivity contribution is -0.143. The number of hydrogen-bond acceptors (Lipinski definition) is 8. The number of rotatable bonds is 16. The molecule has 15 heteroatoms. The Kier molecular flexibility index (Phi) is 12.7. The largest absolute Gasteiger partial charge is 0.481 e. The maximum Gasteiger partial charge on any atom is 0.326 e. The van der Waals surface area contributed by atoms with Crippen molar-refractivity contribution >= 4 is 41.5 Å². The van der Waals surface area contributed by atoms with Gasteiger partial charge in [0, 0.05) is 19.3 Å². The molecule has 0 saturated carbocycles. The van der Waals surface area contributed by atoms with Crippen molar-refractivity contribution in [3.05, 3.63) is 0 Å². The number of carbonyl (C=O) groups is 7. The molecule has 33 heavy (non-hydrogen) atoms. The Bertz CT molecular complexity index is 770. The van der Waals surface area contributed by atoms with Crippen LogP contribution in [-0.2, 0) is 33.6 Å². The van der Waals surface area contributed by atoms with Gasteiger partial charge in [-0.3, -0.25) is 28.8 Å². The zero-order valence-corrected chi connectivity index (χ0v) is 17.9. The summed E-state index contributed by atoms with van der Waals surface area (Å²) < 4.78 is 0. The van der Waals surface area contributed by atoms with Crippen LogP contribution in [0.4, 0.5) is 0 Å². The highest BCUT2D eigenvalue weighted by atomic mass is 16.4. The highest BCUT2D eigenvalue weighted by molar-refractivity contribution is 5.94. The molecule has 0 bridgehead atoms. The smallest absolute Gasteiger partial charge is 0.326 e. The summed E-state index contributed by atoms with van der Waals surface area (Å²) in [7, 11) is 0. The van der Waals surface area contributed by atoms with Crippen molar-refractivity contribution in [1.29, 1.82) is 0 Å². The predicted octanol–water partition coefficient (Wildman–Crippen LogP) is -3.13. The van der Waals surface area contributed by atoms with Gasteiger partial charge in [0.25, 0.3) is 0 Å². The van der Waals surface area contributed by atoms with Crippen molar-refractivity contribution in [2.75, 3.05) is 0 Å². The first-order chi connectivity index (χ1) is 15.2. The van der Waals surface area contributed by atoms with E-state index in [0.29, 0.717) is 0 Å². The van der Waals surface area contributed by atoms with Gasteiger partial charge in [-0.25, -0.2) is 4.79 Å². The Morgan fingerprint density at radius 1 is 0.667 bits per heavy atom. The van der Waals surface area contributed by atoms with E-state index < -0.39 is 85.0 Å². The van der Waals surface area contributed by atoms with Crippen molar-refractivity contribution in [2.45, 2.75) is 69.6 Å². The molecule has 4 amide bonds. The first-order valence-electron chi connectivity index (χ1n) is 9.86. The molecule has 0 radical (unpaired) electrons. The Labute approximate surface area is 188 Å². The Balaban J connectivity index is 5.54. The van der Waals surface area contributed by atoms with E-state index in [0.717, 1.165) is 0 Å². The van der Waals surface area contributed by atoms with Crippen LogP contribution in [0.2, 0.25) is 0 Å². The minimum atomic E-state index is -1.55. The number of amides is 4. The molecule has 0 spiro atoms. The van der Waals surface area contributed by atoms with Crippen LogP contribution in [-0.4, -0.2) is 81.0 Å². The van der Waals surface area contributed by atoms with Crippen LogP contribution in [0, 0.1) is 0 Å². The number of primary amides is 1. The Hall–Kier alpha value is -3.75. The minimum absolute atomic E-state index is 0.346. The average Bonchev–Trinajstić information content (AvgIpc) is 2.69. The van der Waals surface area contributed by atoms with Crippen molar-refractivity contribution in [3.63, 3.8) is 0 Å². The molecule has 0 rings (SSSR count). The van der Waals surface area contributed by atoms with E-state index in [-0.39, 0.29) is 19.3 Å². The molecule has 0 saturated heterocycles. The number of hydrogen-bond donors (Lipinski definition) is 8. The molecule has 186 valence electrons. The van der Waals surface area contributed by atoms with Crippen LogP contribution in [0.25, 0.3) is 0 Å². The quantitative estimate of drug-likeness (QED) is 0.110. The fourth-order valence-corrected chi connectivity index (χ4v) is 2.47. The molecule has 0 aliphatic heterocycles. The van der Waals surface area contributed by atoms with Crippen molar-refractivity contribution in [1.82, 2.24) is 16.0 Å². The second kappa shape index (κ2) is 14.3. The summed E-state index contributed by atoms with van der Waals surface area (Å²) in [6, 6.07) is -5.53. The van der Waals surface area contributed by atoms with Gasteiger partial charge in [0.15, 0.2) is 0 Å². The SMILES string of the molecule is CC(N)C(=O)NC(CCC(=O)O)C(=O)NC(CCC(=O)O)C(=O)NC(CCC(N)=O)C(=O)O. The zero-order chi connectivity index (χ0) is 25.7. The van der Waals surface area contributed by atoms with Crippen molar-refractivity contribution < 1.29 is 48.9 Å². The van der Waals surface area contributed by atoms with Gasteiger partial charge in [-0.05, 0) is 26.2 Å². The predicted molar refractivity (Wildman–Crippen MR) is 109 cm³/mol. The third-order valence-electron chi connectivity index (χ3n) is 4.27. The van der Waals surface area contributed by atoms with Gasteiger partial charge in [-0.1, -0.05) is 0 Å². The summed E-state index contributed by atoms with van der Waals surface area (Å²) >= 11 is 0. The fraction of sp³-hybridized carbons (Fsp3) is 0.611. The van der Waals surface area contributed by atoms with Gasteiger partial charge in [-0.15, -0.1) is 0 Å². The number of aliphatic carboxylic acids is 3. The van der Waals surface area contributed by atoms with Crippen molar-refractivity contribution in [2.24, 2.45) is 11.5 Å². The second-order valence-corrected chi connectivity index (χ2v) is 7.18. The summed E-state index contributed by atoms with van der Waals surface area (Å²) in [5, 5.41) is 33.5. The summed E-state index contributed by atoms with van der Waals surface area (Å²) in [4.78, 5) is 81.1. The Morgan fingerprint density at radius 2 is 1.03 bits per heavy atom. The molecule has 0 aromatic rings. The maximum absolute atomic E-state index is 12.6. The standard InChI is InChI=1S/C18H29N5O10/c1-8(19)15(29)21-9(3-6-13(25)26)16(30)22-10(4-7-14(27)28)17(31)23-11(18(32)33)2-5-12(20)24/h8-11H,2-7,19H2,1H3,(H2,20,24)(H,21,29)(H,22,30)(H,23,31)(H,25,26)(H,27,28)(H,32,33). The van der Waals surface area contributed by atoms with Gasteiger partial charge in [0.2, 0.25) is 23.6 Å².